The van der Waals surface area contributed by atoms with Gasteiger partial charge in [-0.2, -0.15) is 4.52 Å². The zero-order valence-corrected chi connectivity index (χ0v) is 15.8. The summed E-state index contributed by atoms with van der Waals surface area (Å²) in [5.41, 5.74) is 0.218. The lowest BCUT2D eigenvalue weighted by Crippen LogP contribution is -2.36. The van der Waals surface area contributed by atoms with Crippen LogP contribution in [0.3, 0.4) is 0 Å². The maximum absolute atomic E-state index is 12.7. The quantitative estimate of drug-likeness (QED) is 0.708. The van der Waals surface area contributed by atoms with Crippen LogP contribution in [0.25, 0.3) is 4.96 Å². The lowest BCUT2D eigenvalue weighted by atomic mass is 10.2. The molecule has 1 N–H and O–H groups in total. The van der Waals surface area contributed by atoms with Gasteiger partial charge in [-0.1, -0.05) is 41.1 Å². The molecule has 1 aliphatic rings. The van der Waals surface area contributed by atoms with E-state index >= 15 is 0 Å². The van der Waals surface area contributed by atoms with E-state index in [1.807, 2.05) is 23.1 Å². The van der Waals surface area contributed by atoms with Crippen LogP contribution in [0.2, 0.25) is 5.02 Å². The van der Waals surface area contributed by atoms with Gasteiger partial charge < -0.3 is 15.0 Å². The molecule has 0 atom stereocenters. The number of fused-ring (bicyclic) bond motifs is 1. The Hall–Kier alpha value is -2.49. The van der Waals surface area contributed by atoms with Crippen LogP contribution in [0.15, 0.2) is 35.3 Å². The number of nitrogens with one attached hydrogen (secondary N) is 1. The predicted octanol–water partition coefficient (Wildman–Crippen LogP) is 1.57. The van der Waals surface area contributed by atoms with Gasteiger partial charge >= 0.3 is 0 Å². The molecule has 3 aromatic rings. The van der Waals surface area contributed by atoms with Crippen molar-refractivity contribution in [1.82, 2.24) is 19.9 Å². The largest absolute Gasteiger partial charge is 0.378 e. The number of ether oxygens (including phenoxy) is 1. The number of hydrogen-bond donors (Lipinski definition) is 1. The average molecular weight is 406 g/mol. The summed E-state index contributed by atoms with van der Waals surface area (Å²) in [6, 6.07) is 7.20. The number of morpholine rings is 1. The number of carbonyl (C=O) groups is 1. The number of carbonyl (C=O) groups excluding carboxylic acids is 1. The number of benzene rings is 1. The monoisotopic (exact) mass is 405 g/mol. The van der Waals surface area contributed by atoms with Gasteiger partial charge in [0, 0.05) is 30.9 Å². The van der Waals surface area contributed by atoms with Gasteiger partial charge in [0.25, 0.3) is 11.5 Å². The molecule has 0 bridgehead atoms. The highest BCUT2D eigenvalue weighted by molar-refractivity contribution is 7.20. The summed E-state index contributed by atoms with van der Waals surface area (Å²) in [4.78, 5) is 31.8. The molecule has 2 aromatic heterocycles. The van der Waals surface area contributed by atoms with Crippen molar-refractivity contribution in [1.29, 1.82) is 0 Å². The predicted molar refractivity (Wildman–Crippen MR) is 103 cm³/mol. The zero-order valence-electron chi connectivity index (χ0n) is 14.2. The van der Waals surface area contributed by atoms with Crippen LogP contribution in [-0.2, 0) is 11.3 Å². The van der Waals surface area contributed by atoms with Crippen LogP contribution >= 0.6 is 22.9 Å². The van der Waals surface area contributed by atoms with Gasteiger partial charge in [0.1, 0.15) is 5.56 Å². The summed E-state index contributed by atoms with van der Waals surface area (Å²) in [6.07, 6.45) is 1.29. The van der Waals surface area contributed by atoms with Gasteiger partial charge in [-0.25, -0.2) is 4.98 Å². The molecule has 140 valence electrons. The van der Waals surface area contributed by atoms with Gasteiger partial charge in [-0.3, -0.25) is 9.59 Å². The molecule has 0 saturated carbocycles. The van der Waals surface area contributed by atoms with Crippen LogP contribution in [0, 0.1) is 0 Å². The van der Waals surface area contributed by atoms with Gasteiger partial charge in [0.2, 0.25) is 10.1 Å². The van der Waals surface area contributed by atoms with E-state index in [-0.39, 0.29) is 12.1 Å². The summed E-state index contributed by atoms with van der Waals surface area (Å²) < 4.78 is 6.51. The summed E-state index contributed by atoms with van der Waals surface area (Å²) in [5, 5.41) is 8.29. The SMILES string of the molecule is O=C(NCc1ccccc1Cl)c1cnc2sc(N3CCOCC3)nn2c1=O. The van der Waals surface area contributed by atoms with E-state index in [2.05, 4.69) is 15.4 Å². The minimum Gasteiger partial charge on any atom is -0.378 e. The van der Waals surface area contributed by atoms with Gasteiger partial charge in [-0.05, 0) is 11.6 Å². The lowest BCUT2D eigenvalue weighted by Gasteiger charge is -2.25. The molecule has 8 nitrogen and oxygen atoms in total. The van der Waals surface area contributed by atoms with Crippen molar-refractivity contribution in [2.24, 2.45) is 0 Å². The number of nitrogens with zero attached hydrogens (tertiary/aromatic N) is 4. The standard InChI is InChI=1S/C17H16ClN5O3S/c18-13-4-2-1-3-11(13)9-19-14(24)12-10-20-16-23(15(12)25)21-17(27-16)22-5-7-26-8-6-22/h1-4,10H,5-9H2,(H,19,24). The Balaban J connectivity index is 1.56. The number of amides is 1. The molecule has 4 rings (SSSR count). The molecule has 3 heterocycles. The first kappa shape index (κ1) is 17.9. The van der Waals surface area contributed by atoms with Crippen LogP contribution in [0.1, 0.15) is 15.9 Å². The van der Waals surface area contributed by atoms with Crippen molar-refractivity contribution in [2.75, 3.05) is 31.2 Å². The highest BCUT2D eigenvalue weighted by Gasteiger charge is 2.20. The Morgan fingerprint density at radius 3 is 2.85 bits per heavy atom. The Morgan fingerprint density at radius 1 is 1.30 bits per heavy atom. The number of aromatic nitrogens is 3. The third-order valence-electron chi connectivity index (χ3n) is 4.20. The van der Waals surface area contributed by atoms with E-state index < -0.39 is 11.5 Å². The fourth-order valence-electron chi connectivity index (χ4n) is 2.73. The molecule has 1 aliphatic heterocycles. The highest BCUT2D eigenvalue weighted by Crippen LogP contribution is 2.22. The molecule has 1 fully saturated rings. The lowest BCUT2D eigenvalue weighted by molar-refractivity contribution is 0.0948. The Labute approximate surface area is 163 Å². The van der Waals surface area contributed by atoms with Crippen molar-refractivity contribution >= 4 is 38.9 Å². The van der Waals surface area contributed by atoms with Crippen LogP contribution in [-0.4, -0.2) is 46.8 Å². The van der Waals surface area contributed by atoms with Crippen LogP contribution in [0.5, 0.6) is 0 Å². The first-order chi connectivity index (χ1) is 13.1. The molecular formula is C17H16ClN5O3S. The minimum absolute atomic E-state index is 0.0571. The molecule has 1 amide bonds. The first-order valence-corrected chi connectivity index (χ1v) is 9.56. The van der Waals surface area contributed by atoms with Crippen molar-refractivity contribution in [3.05, 3.63) is 57.0 Å². The van der Waals surface area contributed by atoms with Crippen molar-refractivity contribution < 1.29 is 9.53 Å². The Bertz CT molecular complexity index is 1040. The molecule has 1 aromatic carbocycles. The van der Waals surface area contributed by atoms with Crippen molar-refractivity contribution in [2.45, 2.75) is 6.54 Å². The molecule has 0 unspecified atom stereocenters. The minimum atomic E-state index is -0.511. The van der Waals surface area contributed by atoms with E-state index in [4.69, 9.17) is 16.3 Å². The van der Waals surface area contributed by atoms with E-state index in [0.717, 1.165) is 5.56 Å². The molecule has 1 saturated heterocycles. The molecule has 27 heavy (non-hydrogen) atoms. The summed E-state index contributed by atoms with van der Waals surface area (Å²) >= 11 is 7.40. The topological polar surface area (TPSA) is 88.8 Å². The fourth-order valence-corrected chi connectivity index (χ4v) is 3.84. The maximum atomic E-state index is 12.7. The van der Waals surface area contributed by atoms with Gasteiger partial charge in [0.15, 0.2) is 0 Å². The summed E-state index contributed by atoms with van der Waals surface area (Å²) in [7, 11) is 0. The Kier molecular flexibility index (Phi) is 5.06. The number of hydrogen-bond acceptors (Lipinski definition) is 7. The third-order valence-corrected chi connectivity index (χ3v) is 5.55. The second kappa shape index (κ2) is 7.63. The summed E-state index contributed by atoms with van der Waals surface area (Å²) in [5.74, 6) is -0.511. The highest BCUT2D eigenvalue weighted by atomic mass is 35.5. The Morgan fingerprint density at radius 2 is 2.07 bits per heavy atom. The molecular weight excluding hydrogens is 390 g/mol. The number of halogens is 1. The molecule has 0 radical (unpaired) electrons. The normalized spacial score (nSPS) is 14.5. The zero-order chi connectivity index (χ0) is 18.8. The molecule has 0 spiro atoms. The molecule has 10 heteroatoms. The fraction of sp³-hybridized carbons (Fsp3) is 0.294. The van der Waals surface area contributed by atoms with E-state index in [0.29, 0.717) is 41.4 Å². The maximum Gasteiger partial charge on any atom is 0.288 e. The van der Waals surface area contributed by atoms with E-state index in [9.17, 15) is 9.59 Å². The number of rotatable bonds is 4. The summed E-state index contributed by atoms with van der Waals surface area (Å²) in [6.45, 7) is 2.87. The van der Waals surface area contributed by atoms with Gasteiger partial charge in [0.05, 0.1) is 13.2 Å². The number of anilines is 1. The van der Waals surface area contributed by atoms with Crippen molar-refractivity contribution in [3.8, 4) is 0 Å². The smallest absolute Gasteiger partial charge is 0.288 e. The van der Waals surface area contributed by atoms with Crippen LogP contribution in [0.4, 0.5) is 5.13 Å². The molecule has 0 aliphatic carbocycles. The van der Waals surface area contributed by atoms with Crippen molar-refractivity contribution in [3.63, 3.8) is 0 Å². The van der Waals surface area contributed by atoms with Gasteiger partial charge in [-0.15, -0.1) is 5.10 Å². The second-order valence-electron chi connectivity index (χ2n) is 5.93. The average Bonchev–Trinajstić information content (AvgIpc) is 3.13. The van der Waals surface area contributed by atoms with E-state index in [1.54, 1.807) is 6.07 Å². The van der Waals surface area contributed by atoms with Crippen LogP contribution < -0.4 is 15.8 Å². The van der Waals surface area contributed by atoms with E-state index in [1.165, 1.54) is 22.0 Å². The first-order valence-electron chi connectivity index (χ1n) is 8.36. The second-order valence-corrected chi connectivity index (χ2v) is 7.27. The third kappa shape index (κ3) is 3.66.